The molecule has 4 rings (SSSR count). The molecular weight excluding hydrogens is 372 g/mol. The van der Waals surface area contributed by atoms with Gasteiger partial charge in [-0.05, 0) is 54.7 Å². The number of rotatable bonds is 5. The Bertz CT molecular complexity index is 943. The number of carbonyl (C=O) groups is 2. The molecule has 2 amide bonds. The van der Waals surface area contributed by atoms with E-state index in [0.29, 0.717) is 35.7 Å². The van der Waals surface area contributed by atoms with Crippen LogP contribution in [0, 0.1) is 0 Å². The first kappa shape index (κ1) is 19.1. The SMILES string of the molecule is COc1cc(C(=O)Nc2cc3c4c(c2)CCC(=O)N4CCC3)cc(OC)c1OC. The minimum atomic E-state index is -0.268. The molecule has 2 heterocycles. The number of carbonyl (C=O) groups excluding carboxylic acids is 2. The fourth-order valence-corrected chi connectivity index (χ4v) is 4.14. The van der Waals surface area contributed by atoms with E-state index in [2.05, 4.69) is 5.32 Å². The molecule has 0 saturated carbocycles. The van der Waals surface area contributed by atoms with E-state index in [1.165, 1.54) is 21.3 Å². The largest absolute Gasteiger partial charge is 0.493 e. The number of methoxy groups -OCH3 is 3. The quantitative estimate of drug-likeness (QED) is 0.840. The Labute approximate surface area is 169 Å². The lowest BCUT2D eigenvalue weighted by Gasteiger charge is -2.35. The fourth-order valence-electron chi connectivity index (χ4n) is 4.14. The van der Waals surface area contributed by atoms with Crippen LogP contribution in [0.5, 0.6) is 17.2 Å². The molecule has 2 aromatic carbocycles. The van der Waals surface area contributed by atoms with Gasteiger partial charge < -0.3 is 24.4 Å². The summed E-state index contributed by atoms with van der Waals surface area (Å²) in [7, 11) is 4.55. The van der Waals surface area contributed by atoms with Gasteiger partial charge in [0.15, 0.2) is 11.5 Å². The van der Waals surface area contributed by atoms with Crippen LogP contribution in [0.25, 0.3) is 0 Å². The van der Waals surface area contributed by atoms with E-state index in [0.717, 1.165) is 41.9 Å². The summed E-state index contributed by atoms with van der Waals surface area (Å²) in [5.41, 5.74) is 4.40. The standard InChI is InChI=1S/C22H24N2O5/c1-27-17-11-15(12-18(28-2)21(17)29-3)22(26)23-16-9-13-5-4-8-24-19(25)7-6-14(10-16)20(13)24/h9-12H,4-8H2,1-3H3,(H,23,26). The van der Waals surface area contributed by atoms with Crippen molar-refractivity contribution < 1.29 is 23.8 Å². The van der Waals surface area contributed by atoms with Gasteiger partial charge in [0, 0.05) is 24.2 Å². The molecule has 7 nitrogen and oxygen atoms in total. The van der Waals surface area contributed by atoms with Crippen molar-refractivity contribution in [3.63, 3.8) is 0 Å². The molecule has 2 aromatic rings. The molecule has 152 valence electrons. The third-order valence-electron chi connectivity index (χ3n) is 5.46. The molecule has 0 radical (unpaired) electrons. The molecule has 0 fully saturated rings. The lowest BCUT2D eigenvalue weighted by molar-refractivity contribution is -0.119. The number of nitrogens with zero attached hydrogens (tertiary/aromatic N) is 1. The second kappa shape index (κ2) is 7.66. The van der Waals surface area contributed by atoms with Crippen LogP contribution in [-0.4, -0.2) is 39.7 Å². The summed E-state index contributed by atoms with van der Waals surface area (Å²) in [5.74, 6) is 1.21. The van der Waals surface area contributed by atoms with Crippen molar-refractivity contribution in [2.45, 2.75) is 25.7 Å². The lowest BCUT2D eigenvalue weighted by Crippen LogP contribution is -2.39. The molecule has 2 aliphatic heterocycles. The highest BCUT2D eigenvalue weighted by Crippen LogP contribution is 2.40. The molecule has 0 aromatic heterocycles. The van der Waals surface area contributed by atoms with Crippen molar-refractivity contribution in [3.05, 3.63) is 41.0 Å². The van der Waals surface area contributed by atoms with Crippen molar-refractivity contribution in [2.24, 2.45) is 0 Å². The highest BCUT2D eigenvalue weighted by molar-refractivity contribution is 6.06. The van der Waals surface area contributed by atoms with Gasteiger partial charge in [-0.3, -0.25) is 9.59 Å². The number of ether oxygens (including phenoxy) is 3. The van der Waals surface area contributed by atoms with E-state index in [1.807, 2.05) is 17.0 Å². The number of benzene rings is 2. The van der Waals surface area contributed by atoms with Crippen LogP contribution < -0.4 is 24.4 Å². The van der Waals surface area contributed by atoms with E-state index in [1.54, 1.807) is 12.1 Å². The van der Waals surface area contributed by atoms with Crippen LogP contribution in [0.3, 0.4) is 0 Å². The van der Waals surface area contributed by atoms with Crippen molar-refractivity contribution in [2.75, 3.05) is 38.1 Å². The van der Waals surface area contributed by atoms with Crippen molar-refractivity contribution in [1.82, 2.24) is 0 Å². The predicted octanol–water partition coefficient (Wildman–Crippen LogP) is 3.19. The Balaban J connectivity index is 1.65. The Kier molecular flexibility index (Phi) is 5.05. The molecule has 0 spiro atoms. The zero-order valence-corrected chi connectivity index (χ0v) is 16.8. The van der Waals surface area contributed by atoms with E-state index in [9.17, 15) is 9.59 Å². The molecule has 0 aliphatic carbocycles. The molecule has 29 heavy (non-hydrogen) atoms. The monoisotopic (exact) mass is 396 g/mol. The summed E-state index contributed by atoms with van der Waals surface area (Å²) >= 11 is 0. The summed E-state index contributed by atoms with van der Waals surface area (Å²) in [6.45, 7) is 0.774. The van der Waals surface area contributed by atoms with Gasteiger partial charge in [-0.1, -0.05) is 0 Å². The maximum absolute atomic E-state index is 12.9. The topological polar surface area (TPSA) is 77.1 Å². The highest BCUT2D eigenvalue weighted by Gasteiger charge is 2.29. The third kappa shape index (κ3) is 3.37. The number of nitrogens with one attached hydrogen (secondary N) is 1. The van der Waals surface area contributed by atoms with E-state index in [4.69, 9.17) is 14.2 Å². The molecule has 0 bridgehead atoms. The summed E-state index contributed by atoms with van der Waals surface area (Å²) in [4.78, 5) is 27.0. The van der Waals surface area contributed by atoms with Gasteiger partial charge in [-0.25, -0.2) is 0 Å². The van der Waals surface area contributed by atoms with Crippen LogP contribution in [0.4, 0.5) is 11.4 Å². The highest BCUT2D eigenvalue weighted by atomic mass is 16.5. The van der Waals surface area contributed by atoms with Gasteiger partial charge in [0.05, 0.1) is 27.0 Å². The second-order valence-electron chi connectivity index (χ2n) is 7.16. The van der Waals surface area contributed by atoms with Crippen LogP contribution in [0.2, 0.25) is 0 Å². The smallest absolute Gasteiger partial charge is 0.255 e. The Hall–Kier alpha value is -3.22. The van der Waals surface area contributed by atoms with E-state index >= 15 is 0 Å². The van der Waals surface area contributed by atoms with Gasteiger partial charge in [0.25, 0.3) is 5.91 Å². The van der Waals surface area contributed by atoms with E-state index in [-0.39, 0.29) is 11.8 Å². The Morgan fingerprint density at radius 2 is 1.59 bits per heavy atom. The van der Waals surface area contributed by atoms with Crippen molar-refractivity contribution in [1.29, 1.82) is 0 Å². The molecule has 0 saturated heterocycles. The van der Waals surface area contributed by atoms with Crippen molar-refractivity contribution in [3.8, 4) is 17.2 Å². The molecule has 1 N–H and O–H groups in total. The van der Waals surface area contributed by atoms with Crippen molar-refractivity contribution >= 4 is 23.2 Å². The van der Waals surface area contributed by atoms with Gasteiger partial charge in [0.2, 0.25) is 11.7 Å². The second-order valence-corrected chi connectivity index (χ2v) is 7.16. The molecular formula is C22H24N2O5. The average Bonchev–Trinajstić information content (AvgIpc) is 2.74. The summed E-state index contributed by atoms with van der Waals surface area (Å²) < 4.78 is 16.0. The van der Waals surface area contributed by atoms with Gasteiger partial charge in [-0.15, -0.1) is 0 Å². The fraction of sp³-hybridized carbons (Fsp3) is 0.364. The van der Waals surface area contributed by atoms with E-state index < -0.39 is 0 Å². The maximum Gasteiger partial charge on any atom is 0.255 e. The number of hydrogen-bond donors (Lipinski definition) is 1. The normalized spacial score (nSPS) is 14.9. The zero-order chi connectivity index (χ0) is 20.5. The lowest BCUT2D eigenvalue weighted by atomic mass is 9.91. The Morgan fingerprint density at radius 1 is 0.931 bits per heavy atom. The minimum Gasteiger partial charge on any atom is -0.493 e. The van der Waals surface area contributed by atoms with Crippen LogP contribution >= 0.6 is 0 Å². The van der Waals surface area contributed by atoms with Gasteiger partial charge in [-0.2, -0.15) is 0 Å². The van der Waals surface area contributed by atoms with Gasteiger partial charge in [0.1, 0.15) is 0 Å². The first-order valence-electron chi connectivity index (χ1n) is 9.63. The van der Waals surface area contributed by atoms with Crippen LogP contribution in [0.1, 0.15) is 34.3 Å². The predicted molar refractivity (Wildman–Crippen MR) is 109 cm³/mol. The summed E-state index contributed by atoms with van der Waals surface area (Å²) in [6.07, 6.45) is 3.05. The average molecular weight is 396 g/mol. The number of amides is 2. The van der Waals surface area contributed by atoms with Crippen LogP contribution in [0.15, 0.2) is 24.3 Å². The molecule has 2 aliphatic rings. The number of anilines is 2. The molecule has 0 unspecified atom stereocenters. The zero-order valence-electron chi connectivity index (χ0n) is 16.8. The number of aryl methyl sites for hydroxylation is 2. The maximum atomic E-state index is 12.9. The van der Waals surface area contributed by atoms with Crippen LogP contribution in [-0.2, 0) is 17.6 Å². The van der Waals surface area contributed by atoms with Gasteiger partial charge >= 0.3 is 0 Å². The Morgan fingerprint density at radius 3 is 2.21 bits per heavy atom. The molecule has 0 atom stereocenters. The molecule has 7 heteroatoms. The first-order chi connectivity index (χ1) is 14.0. The third-order valence-corrected chi connectivity index (χ3v) is 5.46. The summed E-state index contributed by atoms with van der Waals surface area (Å²) in [6, 6.07) is 7.19. The first-order valence-corrected chi connectivity index (χ1v) is 9.63. The summed E-state index contributed by atoms with van der Waals surface area (Å²) in [5, 5.41) is 2.98. The number of hydrogen-bond acceptors (Lipinski definition) is 5. The minimum absolute atomic E-state index is 0.188.